The predicted octanol–water partition coefficient (Wildman–Crippen LogP) is 2.09. The first kappa shape index (κ1) is 9.30. The minimum Gasteiger partial charge on any atom is -0.170 e. The third-order valence-electron chi connectivity index (χ3n) is 2.14. The van der Waals surface area contributed by atoms with Crippen molar-refractivity contribution < 1.29 is 4.68 Å². The maximum absolute atomic E-state index is 3.34. The first-order valence-corrected chi connectivity index (χ1v) is 4.60. The van der Waals surface area contributed by atoms with Crippen molar-refractivity contribution in [1.29, 1.82) is 0 Å². The van der Waals surface area contributed by atoms with Crippen molar-refractivity contribution in [1.82, 2.24) is 5.10 Å². The molecule has 0 saturated carbocycles. The second kappa shape index (κ2) is 3.30. The molecule has 1 N–H and O–H groups in total. The van der Waals surface area contributed by atoms with Gasteiger partial charge >= 0.3 is 0 Å². The normalized spacial score (nSPS) is 11.6. The number of rotatable bonds is 2. The second-order valence-corrected chi connectivity index (χ2v) is 4.03. The molecule has 2 heteroatoms. The molecule has 0 aliphatic heterocycles. The van der Waals surface area contributed by atoms with Gasteiger partial charge in [-0.1, -0.05) is 27.7 Å². The molecule has 0 saturated heterocycles. The Labute approximate surface area is 74.6 Å². The second-order valence-electron chi connectivity index (χ2n) is 4.03. The first-order valence-electron chi connectivity index (χ1n) is 4.60. The molecule has 1 aromatic rings. The van der Waals surface area contributed by atoms with E-state index in [0.29, 0.717) is 11.8 Å². The maximum Gasteiger partial charge on any atom is 0.198 e. The van der Waals surface area contributed by atoms with Crippen LogP contribution in [0, 0.1) is 0 Å². The Kier molecular flexibility index (Phi) is 2.55. The summed E-state index contributed by atoms with van der Waals surface area (Å²) in [5.41, 5.74) is 2.81. The smallest absolute Gasteiger partial charge is 0.170 e. The third-order valence-corrected chi connectivity index (χ3v) is 2.14. The Morgan fingerprint density at radius 2 is 1.75 bits per heavy atom. The van der Waals surface area contributed by atoms with Gasteiger partial charge in [-0.25, -0.2) is 0 Å². The molecule has 0 radical (unpaired) electrons. The predicted molar refractivity (Wildman–Crippen MR) is 50.1 cm³/mol. The summed E-state index contributed by atoms with van der Waals surface area (Å²) in [6.45, 7) is 8.90. The van der Waals surface area contributed by atoms with Gasteiger partial charge in [-0.3, -0.25) is 0 Å². The number of hydrogen-bond acceptors (Lipinski definition) is 0. The van der Waals surface area contributed by atoms with Crippen molar-refractivity contribution in [2.75, 3.05) is 0 Å². The summed E-state index contributed by atoms with van der Waals surface area (Å²) >= 11 is 0. The van der Waals surface area contributed by atoms with Crippen molar-refractivity contribution in [3.05, 3.63) is 17.5 Å². The largest absolute Gasteiger partial charge is 0.198 e. The summed E-state index contributed by atoms with van der Waals surface area (Å²) in [7, 11) is 2.04. The molecule has 0 aromatic carbocycles. The van der Waals surface area contributed by atoms with Gasteiger partial charge in [0.05, 0.1) is 5.69 Å². The van der Waals surface area contributed by atoms with Crippen LogP contribution in [0.1, 0.15) is 50.8 Å². The highest BCUT2D eigenvalue weighted by Gasteiger charge is 2.16. The van der Waals surface area contributed by atoms with Crippen LogP contribution in [0.5, 0.6) is 0 Å². The number of aromatic nitrogens is 2. The highest BCUT2D eigenvalue weighted by Crippen LogP contribution is 2.22. The molecule has 1 rings (SSSR count). The molecule has 68 valence electrons. The van der Waals surface area contributed by atoms with Crippen LogP contribution in [0.15, 0.2) is 6.20 Å². The Balaban J connectivity index is 3.08. The lowest BCUT2D eigenvalue weighted by atomic mass is 9.98. The number of aryl methyl sites for hydroxylation is 1. The van der Waals surface area contributed by atoms with E-state index >= 15 is 0 Å². The Hall–Kier alpha value is -0.790. The van der Waals surface area contributed by atoms with Crippen LogP contribution in [0.4, 0.5) is 0 Å². The van der Waals surface area contributed by atoms with E-state index in [2.05, 4.69) is 39.0 Å². The van der Waals surface area contributed by atoms with E-state index in [1.807, 2.05) is 11.7 Å². The molecule has 1 heterocycles. The molecule has 0 amide bonds. The van der Waals surface area contributed by atoms with Gasteiger partial charge in [-0.2, -0.15) is 5.10 Å². The van der Waals surface area contributed by atoms with Gasteiger partial charge in [0.15, 0.2) is 13.2 Å². The van der Waals surface area contributed by atoms with Crippen LogP contribution in [0.2, 0.25) is 0 Å². The van der Waals surface area contributed by atoms with Gasteiger partial charge in [-0.05, 0) is 11.8 Å². The van der Waals surface area contributed by atoms with Crippen LogP contribution >= 0.6 is 0 Å². The highest BCUT2D eigenvalue weighted by atomic mass is 15.3. The number of H-pyrrole nitrogens is 1. The van der Waals surface area contributed by atoms with Crippen molar-refractivity contribution in [3.8, 4) is 0 Å². The van der Waals surface area contributed by atoms with Crippen molar-refractivity contribution >= 4 is 0 Å². The van der Waals surface area contributed by atoms with Gasteiger partial charge in [0.2, 0.25) is 0 Å². The van der Waals surface area contributed by atoms with Gasteiger partial charge in [0.25, 0.3) is 0 Å². The summed E-state index contributed by atoms with van der Waals surface area (Å²) in [4.78, 5) is 0. The molecule has 0 aliphatic carbocycles. The lowest BCUT2D eigenvalue weighted by molar-refractivity contribution is -0.727. The molecule has 0 fully saturated rings. The van der Waals surface area contributed by atoms with Crippen molar-refractivity contribution in [3.63, 3.8) is 0 Å². The lowest BCUT2D eigenvalue weighted by Gasteiger charge is -2.05. The summed E-state index contributed by atoms with van der Waals surface area (Å²) in [6.07, 6.45) is 2.18. The van der Waals surface area contributed by atoms with E-state index < -0.39 is 0 Å². The molecule has 1 aromatic heterocycles. The quantitative estimate of drug-likeness (QED) is 0.651. The number of aromatic amines is 1. The average molecular weight is 167 g/mol. The molecule has 12 heavy (non-hydrogen) atoms. The molecule has 2 nitrogen and oxygen atoms in total. The zero-order valence-electron chi connectivity index (χ0n) is 8.68. The van der Waals surface area contributed by atoms with Crippen LogP contribution in [-0.2, 0) is 7.05 Å². The third kappa shape index (κ3) is 1.68. The average Bonchev–Trinajstić information content (AvgIpc) is 2.31. The fraction of sp³-hybridized carbons (Fsp3) is 0.700. The Morgan fingerprint density at radius 1 is 1.17 bits per heavy atom. The zero-order valence-corrected chi connectivity index (χ0v) is 8.68. The standard InChI is InChI=1S/C10H18N2/c1-7(2)9-6-12(5)11-10(9)8(3)4/h6-8H,1-5H3/p+1. The van der Waals surface area contributed by atoms with E-state index in [9.17, 15) is 0 Å². The van der Waals surface area contributed by atoms with Gasteiger partial charge < -0.3 is 0 Å². The Morgan fingerprint density at radius 3 is 2.08 bits per heavy atom. The van der Waals surface area contributed by atoms with Gasteiger partial charge in [0.1, 0.15) is 0 Å². The van der Waals surface area contributed by atoms with Crippen LogP contribution in [0.3, 0.4) is 0 Å². The fourth-order valence-electron chi connectivity index (χ4n) is 1.49. The molecule has 0 spiro atoms. The maximum atomic E-state index is 3.34. The monoisotopic (exact) mass is 167 g/mol. The number of hydrogen-bond donors (Lipinski definition) is 1. The molecule has 0 unspecified atom stereocenters. The summed E-state index contributed by atoms with van der Waals surface area (Å²) in [6, 6.07) is 0. The molecular formula is C10H19N2+. The number of nitrogens with one attached hydrogen (secondary N) is 1. The lowest BCUT2D eigenvalue weighted by Crippen LogP contribution is -2.28. The van der Waals surface area contributed by atoms with E-state index in [-0.39, 0.29) is 0 Å². The minimum absolute atomic E-state index is 0.587. The Bertz CT molecular complexity index is 233. The van der Waals surface area contributed by atoms with Crippen LogP contribution in [-0.4, -0.2) is 5.10 Å². The van der Waals surface area contributed by atoms with Crippen molar-refractivity contribution in [2.24, 2.45) is 7.05 Å². The minimum atomic E-state index is 0.587. The van der Waals surface area contributed by atoms with Crippen LogP contribution in [0.25, 0.3) is 0 Å². The summed E-state index contributed by atoms with van der Waals surface area (Å²) in [5.74, 6) is 1.20. The molecule has 0 bridgehead atoms. The molecule has 0 aliphatic rings. The molecular weight excluding hydrogens is 148 g/mol. The zero-order chi connectivity index (χ0) is 9.30. The van der Waals surface area contributed by atoms with E-state index in [0.717, 1.165) is 0 Å². The molecule has 0 atom stereocenters. The van der Waals surface area contributed by atoms with Crippen LogP contribution < -0.4 is 4.68 Å². The fourth-order valence-corrected chi connectivity index (χ4v) is 1.49. The van der Waals surface area contributed by atoms with E-state index in [1.165, 1.54) is 11.3 Å². The van der Waals surface area contributed by atoms with E-state index in [1.54, 1.807) is 0 Å². The summed E-state index contributed by atoms with van der Waals surface area (Å²) in [5, 5.41) is 3.34. The summed E-state index contributed by atoms with van der Waals surface area (Å²) < 4.78 is 2.03. The SMILES string of the molecule is CC(C)c1c[n+](C)[nH]c1C(C)C. The van der Waals surface area contributed by atoms with Gasteiger partial charge in [0, 0.05) is 5.56 Å². The first-order chi connectivity index (χ1) is 5.52. The number of nitrogens with zero attached hydrogens (tertiary/aromatic N) is 1. The van der Waals surface area contributed by atoms with E-state index in [4.69, 9.17) is 0 Å². The van der Waals surface area contributed by atoms with Crippen molar-refractivity contribution in [2.45, 2.75) is 39.5 Å². The highest BCUT2D eigenvalue weighted by molar-refractivity contribution is 5.20. The van der Waals surface area contributed by atoms with Gasteiger partial charge in [-0.15, -0.1) is 4.68 Å². The topological polar surface area (TPSA) is 19.7 Å².